The Hall–Kier alpha value is -2.46. The van der Waals surface area contributed by atoms with Gasteiger partial charge in [-0.1, -0.05) is 35.9 Å². The number of anilines is 1. The second-order valence-electron chi connectivity index (χ2n) is 6.96. The molecule has 2 heterocycles. The first-order valence-corrected chi connectivity index (χ1v) is 11.0. The van der Waals surface area contributed by atoms with Crippen LogP contribution in [0.2, 0.25) is 0 Å². The highest BCUT2D eigenvalue weighted by atomic mass is 32.1. The minimum atomic E-state index is -0.120. The van der Waals surface area contributed by atoms with Gasteiger partial charge in [-0.2, -0.15) is 5.26 Å². The molecule has 142 valence electrons. The standard InChI is InChI=1S/C22H21N3OS2/c1-14-7-9-15(10-8-14)21(19-6-3-11-27-19)24-13-20(26)25-22-17(12-23)16-4-2-5-18(16)28-22/h3,6-11,21,24H,2,4-5,13H2,1H3,(H,25,26)/t21-/m1/s1. The highest BCUT2D eigenvalue weighted by molar-refractivity contribution is 7.16. The predicted octanol–water partition coefficient (Wildman–Crippen LogP) is 4.80. The van der Waals surface area contributed by atoms with Gasteiger partial charge in [0, 0.05) is 9.75 Å². The number of hydrogen-bond donors (Lipinski definition) is 2. The van der Waals surface area contributed by atoms with Crippen LogP contribution in [-0.2, 0) is 17.6 Å². The maximum Gasteiger partial charge on any atom is 0.238 e. The van der Waals surface area contributed by atoms with Gasteiger partial charge in [0.1, 0.15) is 11.1 Å². The fourth-order valence-electron chi connectivity index (χ4n) is 3.57. The molecule has 1 aromatic carbocycles. The maximum absolute atomic E-state index is 12.6. The van der Waals surface area contributed by atoms with Crippen molar-refractivity contribution in [2.75, 3.05) is 11.9 Å². The van der Waals surface area contributed by atoms with E-state index < -0.39 is 0 Å². The zero-order valence-corrected chi connectivity index (χ0v) is 17.3. The molecular weight excluding hydrogens is 386 g/mol. The zero-order chi connectivity index (χ0) is 19.5. The highest BCUT2D eigenvalue weighted by Gasteiger charge is 2.23. The summed E-state index contributed by atoms with van der Waals surface area (Å²) >= 11 is 3.22. The second-order valence-corrected chi connectivity index (χ2v) is 9.05. The molecule has 1 amide bonds. The first-order chi connectivity index (χ1) is 13.7. The van der Waals surface area contributed by atoms with E-state index in [4.69, 9.17) is 0 Å². The number of benzene rings is 1. The molecule has 2 aromatic heterocycles. The lowest BCUT2D eigenvalue weighted by Gasteiger charge is -2.18. The molecule has 0 aliphatic heterocycles. The van der Waals surface area contributed by atoms with Crippen molar-refractivity contribution >= 4 is 33.6 Å². The molecule has 3 aromatic rings. The topological polar surface area (TPSA) is 64.9 Å². The summed E-state index contributed by atoms with van der Waals surface area (Å²) in [4.78, 5) is 15.0. The van der Waals surface area contributed by atoms with Crippen molar-refractivity contribution in [1.29, 1.82) is 5.26 Å². The summed E-state index contributed by atoms with van der Waals surface area (Å²) in [5.74, 6) is -0.120. The van der Waals surface area contributed by atoms with E-state index >= 15 is 0 Å². The number of fused-ring (bicyclic) bond motifs is 1. The van der Waals surface area contributed by atoms with Crippen LogP contribution in [0.5, 0.6) is 0 Å². The molecule has 0 spiro atoms. The lowest BCUT2D eigenvalue weighted by molar-refractivity contribution is -0.115. The van der Waals surface area contributed by atoms with Gasteiger partial charge in [0.2, 0.25) is 5.91 Å². The van der Waals surface area contributed by atoms with E-state index in [-0.39, 0.29) is 18.5 Å². The smallest absolute Gasteiger partial charge is 0.238 e. The molecule has 0 radical (unpaired) electrons. The molecule has 6 heteroatoms. The highest BCUT2D eigenvalue weighted by Crippen LogP contribution is 2.38. The third-order valence-electron chi connectivity index (χ3n) is 4.99. The van der Waals surface area contributed by atoms with Crippen molar-refractivity contribution in [3.05, 3.63) is 73.8 Å². The van der Waals surface area contributed by atoms with Crippen molar-refractivity contribution in [3.63, 3.8) is 0 Å². The third kappa shape index (κ3) is 3.88. The summed E-state index contributed by atoms with van der Waals surface area (Å²) in [5, 5.41) is 18.6. The largest absolute Gasteiger partial charge is 0.315 e. The Bertz CT molecular complexity index is 1010. The number of thiophene rings is 2. The predicted molar refractivity (Wildman–Crippen MR) is 115 cm³/mol. The van der Waals surface area contributed by atoms with Crippen molar-refractivity contribution in [1.82, 2.24) is 5.32 Å². The minimum Gasteiger partial charge on any atom is -0.315 e. The molecule has 4 nitrogen and oxygen atoms in total. The number of carbonyl (C=O) groups excluding carboxylic acids is 1. The van der Waals surface area contributed by atoms with Crippen LogP contribution in [0.25, 0.3) is 0 Å². The van der Waals surface area contributed by atoms with Crippen LogP contribution in [0.15, 0.2) is 41.8 Å². The Morgan fingerprint density at radius 1 is 1.25 bits per heavy atom. The van der Waals surface area contributed by atoms with E-state index in [0.717, 1.165) is 30.4 Å². The monoisotopic (exact) mass is 407 g/mol. The molecule has 4 rings (SSSR count). The Morgan fingerprint density at radius 3 is 2.79 bits per heavy atom. The van der Waals surface area contributed by atoms with Gasteiger partial charge in [0.15, 0.2) is 0 Å². The Labute approximate surface area is 172 Å². The molecule has 2 N–H and O–H groups in total. The normalized spacial score (nSPS) is 13.7. The first kappa shape index (κ1) is 18.9. The Morgan fingerprint density at radius 2 is 2.07 bits per heavy atom. The van der Waals surface area contributed by atoms with Crippen molar-refractivity contribution in [3.8, 4) is 6.07 Å². The van der Waals surface area contributed by atoms with Crippen LogP contribution < -0.4 is 10.6 Å². The van der Waals surface area contributed by atoms with E-state index in [9.17, 15) is 10.1 Å². The van der Waals surface area contributed by atoms with Crippen LogP contribution in [-0.4, -0.2) is 12.5 Å². The zero-order valence-electron chi connectivity index (χ0n) is 15.6. The summed E-state index contributed by atoms with van der Waals surface area (Å²) < 4.78 is 0. The average molecular weight is 408 g/mol. The van der Waals surface area contributed by atoms with E-state index in [0.29, 0.717) is 10.6 Å². The summed E-state index contributed by atoms with van der Waals surface area (Å²) in [6.07, 6.45) is 3.05. The van der Waals surface area contributed by atoms with Gasteiger partial charge >= 0.3 is 0 Å². The molecule has 1 atom stereocenters. The van der Waals surface area contributed by atoms with E-state index in [1.54, 1.807) is 22.7 Å². The molecular formula is C22H21N3OS2. The number of nitrogens with zero attached hydrogens (tertiary/aromatic N) is 1. The summed E-state index contributed by atoms with van der Waals surface area (Å²) in [5.41, 5.74) is 4.13. The van der Waals surface area contributed by atoms with Crippen LogP contribution in [0, 0.1) is 18.3 Å². The molecule has 1 aliphatic rings. The number of rotatable bonds is 6. The van der Waals surface area contributed by atoms with Gasteiger partial charge < -0.3 is 5.32 Å². The lowest BCUT2D eigenvalue weighted by Crippen LogP contribution is -2.31. The Kier molecular flexibility index (Phi) is 5.58. The lowest BCUT2D eigenvalue weighted by atomic mass is 10.0. The maximum atomic E-state index is 12.6. The number of carbonyl (C=O) groups is 1. The van der Waals surface area contributed by atoms with Crippen molar-refractivity contribution < 1.29 is 4.79 Å². The van der Waals surface area contributed by atoms with E-state index in [2.05, 4.69) is 54.0 Å². The molecule has 1 aliphatic carbocycles. The summed E-state index contributed by atoms with van der Waals surface area (Å²) in [6.45, 7) is 2.25. The number of aryl methyl sites for hydroxylation is 2. The van der Waals surface area contributed by atoms with Gasteiger partial charge in [0.05, 0.1) is 18.2 Å². The third-order valence-corrected chi connectivity index (χ3v) is 7.14. The van der Waals surface area contributed by atoms with Gasteiger partial charge in [-0.3, -0.25) is 10.1 Å². The van der Waals surface area contributed by atoms with Gasteiger partial charge in [-0.15, -0.1) is 22.7 Å². The second kappa shape index (κ2) is 8.27. The van der Waals surface area contributed by atoms with Crippen LogP contribution in [0.1, 0.15) is 44.5 Å². The van der Waals surface area contributed by atoms with E-state index in [1.165, 1.54) is 15.3 Å². The number of nitriles is 1. The molecule has 0 fully saturated rings. The molecule has 0 bridgehead atoms. The minimum absolute atomic E-state index is 0.0323. The molecule has 28 heavy (non-hydrogen) atoms. The molecule has 0 saturated heterocycles. The van der Waals surface area contributed by atoms with Crippen LogP contribution >= 0.6 is 22.7 Å². The van der Waals surface area contributed by atoms with Gasteiger partial charge in [0.25, 0.3) is 0 Å². The van der Waals surface area contributed by atoms with Crippen molar-refractivity contribution in [2.24, 2.45) is 0 Å². The summed E-state index contributed by atoms with van der Waals surface area (Å²) in [6, 6.07) is 14.7. The van der Waals surface area contributed by atoms with E-state index in [1.807, 2.05) is 11.4 Å². The van der Waals surface area contributed by atoms with Crippen LogP contribution in [0.3, 0.4) is 0 Å². The molecule has 0 unspecified atom stereocenters. The number of nitrogens with one attached hydrogen (secondary N) is 2. The average Bonchev–Trinajstić information content (AvgIpc) is 3.41. The number of amides is 1. The van der Waals surface area contributed by atoms with Crippen molar-refractivity contribution in [2.45, 2.75) is 32.2 Å². The quantitative estimate of drug-likeness (QED) is 0.617. The van der Waals surface area contributed by atoms with Gasteiger partial charge in [-0.25, -0.2) is 0 Å². The van der Waals surface area contributed by atoms with Gasteiger partial charge in [-0.05, 0) is 48.8 Å². The fraction of sp³-hybridized carbons (Fsp3) is 0.273. The molecule has 0 saturated carbocycles. The number of hydrogen-bond acceptors (Lipinski definition) is 5. The Balaban J connectivity index is 1.47. The first-order valence-electron chi connectivity index (χ1n) is 9.33. The SMILES string of the molecule is Cc1ccc([C@@H](NCC(=O)Nc2sc3c(c2C#N)CCC3)c2cccs2)cc1. The van der Waals surface area contributed by atoms with Crippen LogP contribution in [0.4, 0.5) is 5.00 Å². The summed E-state index contributed by atoms with van der Waals surface area (Å²) in [7, 11) is 0. The fourth-order valence-corrected chi connectivity index (χ4v) is 5.66.